The maximum atomic E-state index is 12.9. The van der Waals surface area contributed by atoms with Crippen molar-refractivity contribution < 1.29 is 26.7 Å². The molecule has 0 fully saturated rings. The van der Waals surface area contributed by atoms with E-state index in [0.29, 0.717) is 13.6 Å². The van der Waals surface area contributed by atoms with E-state index in [9.17, 15) is 26.7 Å². The van der Waals surface area contributed by atoms with Gasteiger partial charge in [0.05, 0.1) is 10.3 Å². The van der Waals surface area contributed by atoms with Crippen molar-refractivity contribution in [2.45, 2.75) is 25.6 Å². The highest BCUT2D eigenvalue weighted by molar-refractivity contribution is 9.11. The fourth-order valence-corrected chi connectivity index (χ4v) is 2.77. The molecular weight excluding hydrogens is 357 g/mol. The van der Waals surface area contributed by atoms with Crippen molar-refractivity contribution >= 4 is 33.2 Å². The first-order valence-electron chi connectivity index (χ1n) is 5.07. The van der Waals surface area contributed by atoms with Crippen LogP contribution in [0.2, 0.25) is 0 Å². The summed E-state index contributed by atoms with van der Waals surface area (Å²) in [5.74, 6) is -7.59. The number of alkyl halides is 5. The number of amides is 1. The maximum Gasteiger partial charge on any atom is 0.463 e. The van der Waals surface area contributed by atoms with Crippen LogP contribution in [-0.2, 0) is 11.3 Å². The third-order valence-electron chi connectivity index (χ3n) is 2.27. The first-order valence-corrected chi connectivity index (χ1v) is 6.68. The molecule has 0 N–H and O–H groups in total. The smallest absolute Gasteiger partial charge is 0.332 e. The number of hydrogen-bond acceptors (Lipinski definition) is 2. The molecule has 1 aromatic heterocycles. The third-order valence-corrected chi connectivity index (χ3v) is 3.88. The van der Waals surface area contributed by atoms with Gasteiger partial charge < -0.3 is 4.90 Å². The van der Waals surface area contributed by atoms with E-state index in [1.54, 1.807) is 12.1 Å². The van der Waals surface area contributed by atoms with Crippen LogP contribution < -0.4 is 0 Å². The Morgan fingerprint density at radius 3 is 2.26 bits per heavy atom. The van der Waals surface area contributed by atoms with Crippen LogP contribution in [-0.4, -0.2) is 29.5 Å². The number of halogens is 6. The van der Waals surface area contributed by atoms with Crippen molar-refractivity contribution in [2.75, 3.05) is 6.54 Å². The summed E-state index contributed by atoms with van der Waals surface area (Å²) < 4.78 is 63.0. The van der Waals surface area contributed by atoms with E-state index in [0.717, 1.165) is 11.3 Å². The van der Waals surface area contributed by atoms with E-state index in [1.807, 2.05) is 0 Å². The van der Waals surface area contributed by atoms with E-state index in [-0.39, 0.29) is 13.1 Å². The summed E-state index contributed by atoms with van der Waals surface area (Å²) in [6, 6.07) is 3.18. The Bertz CT molecular complexity index is 459. The predicted octanol–water partition coefficient (Wildman–Crippen LogP) is 4.06. The van der Waals surface area contributed by atoms with E-state index >= 15 is 0 Å². The third kappa shape index (κ3) is 3.65. The molecular formula is C10H9BrF5NOS. The van der Waals surface area contributed by atoms with Gasteiger partial charge in [-0.2, -0.15) is 22.0 Å². The van der Waals surface area contributed by atoms with Crippen molar-refractivity contribution in [1.29, 1.82) is 0 Å². The number of nitrogens with zero attached hydrogens (tertiary/aromatic N) is 1. The Morgan fingerprint density at radius 2 is 1.89 bits per heavy atom. The van der Waals surface area contributed by atoms with Gasteiger partial charge in [0.15, 0.2) is 0 Å². The van der Waals surface area contributed by atoms with Gasteiger partial charge in [0, 0.05) is 11.4 Å². The number of rotatable bonds is 4. The van der Waals surface area contributed by atoms with Gasteiger partial charge in [-0.25, -0.2) is 0 Å². The van der Waals surface area contributed by atoms with Crippen LogP contribution in [0.3, 0.4) is 0 Å². The second-order valence-corrected chi connectivity index (χ2v) is 6.14. The molecule has 0 saturated heterocycles. The molecule has 0 aliphatic carbocycles. The summed E-state index contributed by atoms with van der Waals surface area (Å²) in [4.78, 5) is 12.3. The molecule has 0 spiro atoms. The second-order valence-electron chi connectivity index (χ2n) is 3.60. The highest BCUT2D eigenvalue weighted by atomic mass is 79.9. The highest BCUT2D eigenvalue weighted by Crippen LogP contribution is 2.37. The monoisotopic (exact) mass is 365 g/mol. The minimum absolute atomic E-state index is 0.236. The van der Waals surface area contributed by atoms with Crippen LogP contribution in [0.25, 0.3) is 0 Å². The Labute approximate surface area is 118 Å². The predicted molar refractivity (Wildman–Crippen MR) is 64.1 cm³/mol. The zero-order valence-electron chi connectivity index (χ0n) is 9.60. The quantitative estimate of drug-likeness (QED) is 0.737. The maximum absolute atomic E-state index is 12.9. The SMILES string of the molecule is CCN(Cc1ccc(Br)s1)C(=O)C(F)(F)C(F)(F)F. The molecule has 1 rings (SSSR count). The van der Waals surface area contributed by atoms with Crippen molar-refractivity contribution in [3.8, 4) is 0 Å². The standard InChI is InChI=1S/C10H9BrF5NOS/c1-2-17(5-6-3-4-7(11)19-6)8(18)9(12,13)10(14,15)16/h3-4H,2,5H2,1H3. The van der Waals surface area contributed by atoms with Crippen LogP contribution in [0.1, 0.15) is 11.8 Å². The highest BCUT2D eigenvalue weighted by Gasteiger charge is 2.64. The minimum atomic E-state index is -5.88. The van der Waals surface area contributed by atoms with Gasteiger partial charge in [-0.15, -0.1) is 11.3 Å². The molecule has 9 heteroatoms. The minimum Gasteiger partial charge on any atom is -0.332 e. The summed E-state index contributed by atoms with van der Waals surface area (Å²) in [6.07, 6.45) is -5.88. The second kappa shape index (κ2) is 5.74. The lowest BCUT2D eigenvalue weighted by molar-refractivity contribution is -0.274. The lowest BCUT2D eigenvalue weighted by Crippen LogP contribution is -2.51. The van der Waals surface area contributed by atoms with Crippen LogP contribution in [0.15, 0.2) is 15.9 Å². The molecule has 1 aromatic rings. The largest absolute Gasteiger partial charge is 0.463 e. The summed E-state index contributed by atoms with van der Waals surface area (Å²) >= 11 is 4.30. The topological polar surface area (TPSA) is 20.3 Å². The van der Waals surface area contributed by atoms with Crippen molar-refractivity contribution in [3.05, 3.63) is 20.8 Å². The average molecular weight is 366 g/mol. The van der Waals surface area contributed by atoms with E-state index < -0.39 is 18.0 Å². The normalized spacial score (nSPS) is 12.6. The van der Waals surface area contributed by atoms with Gasteiger partial charge >= 0.3 is 18.0 Å². The molecule has 0 unspecified atom stereocenters. The van der Waals surface area contributed by atoms with E-state index in [2.05, 4.69) is 15.9 Å². The molecule has 108 valence electrons. The molecule has 1 amide bonds. The van der Waals surface area contributed by atoms with E-state index in [1.165, 1.54) is 6.92 Å². The van der Waals surface area contributed by atoms with Gasteiger partial charge in [-0.3, -0.25) is 4.79 Å². The van der Waals surface area contributed by atoms with Gasteiger partial charge in [0.25, 0.3) is 0 Å². The lowest BCUT2D eigenvalue weighted by atomic mass is 10.2. The van der Waals surface area contributed by atoms with Crippen molar-refractivity contribution in [1.82, 2.24) is 4.90 Å². The van der Waals surface area contributed by atoms with Crippen LogP contribution in [0.4, 0.5) is 22.0 Å². The Morgan fingerprint density at radius 1 is 1.32 bits per heavy atom. The van der Waals surface area contributed by atoms with Gasteiger partial charge in [-0.1, -0.05) is 0 Å². The number of hydrogen-bond donors (Lipinski definition) is 0. The first-order chi connectivity index (χ1) is 8.59. The van der Waals surface area contributed by atoms with Crippen molar-refractivity contribution in [2.24, 2.45) is 0 Å². The number of thiophene rings is 1. The molecule has 0 aliphatic rings. The summed E-state index contributed by atoms with van der Waals surface area (Å²) in [7, 11) is 0. The number of carbonyl (C=O) groups excluding carboxylic acids is 1. The van der Waals surface area contributed by atoms with Crippen LogP contribution in [0.5, 0.6) is 0 Å². The average Bonchev–Trinajstić information content (AvgIpc) is 2.69. The molecule has 0 atom stereocenters. The Hall–Kier alpha value is -0.700. The van der Waals surface area contributed by atoms with Gasteiger partial charge in [0.2, 0.25) is 0 Å². The molecule has 2 nitrogen and oxygen atoms in total. The van der Waals surface area contributed by atoms with Crippen LogP contribution >= 0.6 is 27.3 Å². The van der Waals surface area contributed by atoms with Gasteiger partial charge in [-0.05, 0) is 35.0 Å². The van der Waals surface area contributed by atoms with Crippen molar-refractivity contribution in [3.63, 3.8) is 0 Å². The molecule has 0 aliphatic heterocycles. The fourth-order valence-electron chi connectivity index (χ4n) is 1.27. The Balaban J connectivity index is 2.89. The summed E-state index contributed by atoms with van der Waals surface area (Å²) in [5.41, 5.74) is 0. The van der Waals surface area contributed by atoms with Crippen LogP contribution in [0, 0.1) is 0 Å². The number of carbonyl (C=O) groups is 1. The zero-order valence-corrected chi connectivity index (χ0v) is 12.0. The molecule has 0 bridgehead atoms. The Kier molecular flexibility index (Phi) is 4.94. The van der Waals surface area contributed by atoms with Gasteiger partial charge in [0.1, 0.15) is 0 Å². The lowest BCUT2D eigenvalue weighted by Gasteiger charge is -2.26. The summed E-state index contributed by atoms with van der Waals surface area (Å²) in [6.45, 7) is 0.824. The molecule has 0 aromatic carbocycles. The first kappa shape index (κ1) is 16.4. The molecule has 1 heterocycles. The molecule has 19 heavy (non-hydrogen) atoms. The fraction of sp³-hybridized carbons (Fsp3) is 0.500. The zero-order chi connectivity index (χ0) is 14.8. The molecule has 0 radical (unpaired) electrons. The summed E-state index contributed by atoms with van der Waals surface area (Å²) in [5, 5.41) is 0. The van der Waals surface area contributed by atoms with E-state index in [4.69, 9.17) is 0 Å². The molecule has 0 saturated carbocycles.